The SMILES string of the molecule is O=C(Nc1c2ccccc2nc2ccccc12)[C@](F)(OC(F)(F)C(F)(F)C(F)(F)F)C(F)(F)F. The minimum Gasteiger partial charge on any atom is -0.320 e. The maximum absolute atomic E-state index is 14.6. The molecule has 2 aromatic carbocycles. The summed E-state index contributed by atoms with van der Waals surface area (Å²) >= 11 is 0. The van der Waals surface area contributed by atoms with Crippen molar-refractivity contribution in [1.82, 2.24) is 4.98 Å². The van der Waals surface area contributed by atoms with Crippen molar-refractivity contribution >= 4 is 33.4 Å². The van der Waals surface area contributed by atoms with Gasteiger partial charge in [-0.2, -0.15) is 48.3 Å². The summed E-state index contributed by atoms with van der Waals surface area (Å²) < 4.78 is 147. The molecular formula is C19H9F11N2O2. The maximum Gasteiger partial charge on any atom is 0.462 e. The highest BCUT2D eigenvalue weighted by atomic mass is 19.4. The zero-order valence-corrected chi connectivity index (χ0v) is 16.0. The molecule has 34 heavy (non-hydrogen) atoms. The Morgan fingerprint density at radius 1 is 0.706 bits per heavy atom. The molecule has 3 aromatic rings. The average Bonchev–Trinajstić information content (AvgIpc) is 2.71. The van der Waals surface area contributed by atoms with Crippen LogP contribution in [-0.4, -0.2) is 41.1 Å². The van der Waals surface area contributed by atoms with E-state index in [0.29, 0.717) is 0 Å². The molecule has 1 aromatic heterocycles. The molecule has 1 N–H and O–H groups in total. The third kappa shape index (κ3) is 4.08. The number of aromatic nitrogens is 1. The Hall–Kier alpha value is -3.23. The van der Waals surface area contributed by atoms with Gasteiger partial charge in [0.2, 0.25) is 0 Å². The van der Waals surface area contributed by atoms with Crippen LogP contribution in [0.15, 0.2) is 48.5 Å². The van der Waals surface area contributed by atoms with Crippen molar-refractivity contribution in [2.75, 3.05) is 5.32 Å². The third-order valence-corrected chi connectivity index (χ3v) is 4.47. The van der Waals surface area contributed by atoms with Crippen molar-refractivity contribution in [2.45, 2.75) is 30.2 Å². The number of carbonyl (C=O) groups excluding carboxylic acids is 1. The Labute approximate surface area is 181 Å². The van der Waals surface area contributed by atoms with E-state index in [1.165, 1.54) is 53.8 Å². The van der Waals surface area contributed by atoms with Gasteiger partial charge in [-0.1, -0.05) is 36.4 Å². The molecule has 0 radical (unpaired) electrons. The van der Waals surface area contributed by atoms with E-state index in [4.69, 9.17) is 0 Å². The summed E-state index contributed by atoms with van der Waals surface area (Å²) in [6.45, 7) is 0. The lowest BCUT2D eigenvalue weighted by Crippen LogP contribution is -2.62. The topological polar surface area (TPSA) is 51.2 Å². The van der Waals surface area contributed by atoms with E-state index in [9.17, 15) is 53.1 Å². The average molecular weight is 506 g/mol. The van der Waals surface area contributed by atoms with Gasteiger partial charge in [0.15, 0.2) is 0 Å². The number of pyridine rings is 1. The molecule has 1 amide bonds. The zero-order chi connectivity index (χ0) is 25.7. The lowest BCUT2D eigenvalue weighted by atomic mass is 10.1. The summed E-state index contributed by atoms with van der Waals surface area (Å²) in [4.78, 5) is 16.3. The molecule has 1 atom stereocenters. The molecule has 1 heterocycles. The fourth-order valence-electron chi connectivity index (χ4n) is 2.81. The van der Waals surface area contributed by atoms with E-state index >= 15 is 0 Å². The van der Waals surface area contributed by atoms with Gasteiger partial charge in [0.05, 0.1) is 16.7 Å². The Bertz CT molecular complexity index is 1190. The highest BCUT2D eigenvalue weighted by Crippen LogP contribution is 2.51. The fraction of sp³-hybridized carbons (Fsp3) is 0.263. The highest BCUT2D eigenvalue weighted by Gasteiger charge is 2.79. The van der Waals surface area contributed by atoms with Gasteiger partial charge in [-0.3, -0.25) is 9.53 Å². The number of para-hydroxylation sites is 2. The second-order valence-corrected chi connectivity index (χ2v) is 6.76. The van der Waals surface area contributed by atoms with E-state index < -0.39 is 41.8 Å². The Morgan fingerprint density at radius 3 is 1.56 bits per heavy atom. The van der Waals surface area contributed by atoms with Crippen LogP contribution < -0.4 is 5.32 Å². The van der Waals surface area contributed by atoms with Gasteiger partial charge in [0, 0.05) is 10.8 Å². The predicted octanol–water partition coefficient (Wildman–Crippen LogP) is 6.36. The van der Waals surface area contributed by atoms with Crippen LogP contribution in [0.1, 0.15) is 0 Å². The van der Waals surface area contributed by atoms with Crippen LogP contribution >= 0.6 is 0 Å². The van der Waals surface area contributed by atoms with Crippen molar-refractivity contribution in [3.05, 3.63) is 48.5 Å². The lowest BCUT2D eigenvalue weighted by molar-refractivity contribution is -0.472. The Morgan fingerprint density at radius 2 is 1.15 bits per heavy atom. The number of hydrogen-bond donors (Lipinski definition) is 1. The summed E-state index contributed by atoms with van der Waals surface area (Å²) in [5, 5.41) is 1.06. The van der Waals surface area contributed by atoms with Crippen molar-refractivity contribution < 1.29 is 57.8 Å². The monoisotopic (exact) mass is 506 g/mol. The molecule has 15 heteroatoms. The first kappa shape index (κ1) is 25.4. The van der Waals surface area contributed by atoms with Crippen molar-refractivity contribution in [3.8, 4) is 0 Å². The third-order valence-electron chi connectivity index (χ3n) is 4.47. The van der Waals surface area contributed by atoms with E-state index in [1.54, 1.807) is 0 Å². The molecule has 0 fully saturated rings. The van der Waals surface area contributed by atoms with Gasteiger partial charge in [0.25, 0.3) is 5.91 Å². The van der Waals surface area contributed by atoms with E-state index in [-0.39, 0.29) is 21.8 Å². The van der Waals surface area contributed by atoms with Crippen molar-refractivity contribution in [3.63, 3.8) is 0 Å². The second kappa shape index (κ2) is 7.92. The standard InChI is InChI=1S/C19H9F11N2O2/c20-15(17(23,24)25,34-19(29,30)16(21,22)18(26,27)28)14(33)32-13-9-5-1-3-7-11(9)31-12-8-4-2-6-10(12)13/h1-8H,(H,31,32,33)/t15-/m0/s1. The molecule has 4 nitrogen and oxygen atoms in total. The summed E-state index contributed by atoms with van der Waals surface area (Å²) in [7, 11) is 0. The molecule has 0 aliphatic carbocycles. The number of alkyl halides is 11. The number of amides is 1. The molecule has 0 bridgehead atoms. The van der Waals surface area contributed by atoms with Crippen LogP contribution in [-0.2, 0) is 9.53 Å². The number of anilines is 1. The Balaban J connectivity index is 2.13. The summed E-state index contributed by atoms with van der Waals surface area (Å²) in [5.74, 6) is -16.7. The molecule has 0 spiro atoms. The number of ether oxygens (including phenoxy) is 1. The normalized spacial score (nSPS) is 15.4. The van der Waals surface area contributed by atoms with Crippen molar-refractivity contribution in [2.24, 2.45) is 0 Å². The molecular weight excluding hydrogens is 497 g/mol. The predicted molar refractivity (Wildman–Crippen MR) is 94.8 cm³/mol. The number of rotatable bonds is 5. The number of carbonyl (C=O) groups is 1. The summed E-state index contributed by atoms with van der Waals surface area (Å²) in [6, 6.07) is 10.5. The first-order valence-electron chi connectivity index (χ1n) is 8.79. The smallest absolute Gasteiger partial charge is 0.320 e. The van der Waals surface area contributed by atoms with Crippen LogP contribution in [0.4, 0.5) is 54.0 Å². The van der Waals surface area contributed by atoms with E-state index in [2.05, 4.69) is 9.72 Å². The first-order chi connectivity index (χ1) is 15.4. The quantitative estimate of drug-likeness (QED) is 0.324. The lowest BCUT2D eigenvalue weighted by Gasteiger charge is -2.34. The molecule has 0 saturated carbocycles. The van der Waals surface area contributed by atoms with Gasteiger partial charge in [0.1, 0.15) is 0 Å². The van der Waals surface area contributed by atoms with Gasteiger partial charge in [-0.15, -0.1) is 0 Å². The molecule has 0 saturated heterocycles. The van der Waals surface area contributed by atoms with Gasteiger partial charge >= 0.3 is 30.2 Å². The largest absolute Gasteiger partial charge is 0.462 e. The number of hydrogen-bond acceptors (Lipinski definition) is 3. The van der Waals surface area contributed by atoms with Crippen LogP contribution in [0.5, 0.6) is 0 Å². The first-order valence-corrected chi connectivity index (χ1v) is 8.79. The minimum atomic E-state index is -7.28. The maximum atomic E-state index is 14.6. The number of nitrogens with one attached hydrogen (secondary N) is 1. The van der Waals surface area contributed by atoms with Crippen LogP contribution in [0.25, 0.3) is 21.8 Å². The van der Waals surface area contributed by atoms with Crippen LogP contribution in [0.2, 0.25) is 0 Å². The number of nitrogens with zero attached hydrogens (tertiary/aromatic N) is 1. The van der Waals surface area contributed by atoms with E-state index in [0.717, 1.165) is 0 Å². The minimum absolute atomic E-state index is 0.0304. The van der Waals surface area contributed by atoms with Gasteiger partial charge in [-0.05, 0) is 12.1 Å². The van der Waals surface area contributed by atoms with Crippen LogP contribution in [0.3, 0.4) is 0 Å². The summed E-state index contributed by atoms with van der Waals surface area (Å²) in [5.41, 5.74) is -0.558. The van der Waals surface area contributed by atoms with Gasteiger partial charge in [-0.25, -0.2) is 4.98 Å². The second-order valence-electron chi connectivity index (χ2n) is 6.76. The Kier molecular flexibility index (Phi) is 5.92. The zero-order valence-electron chi connectivity index (χ0n) is 16.0. The molecule has 3 rings (SSSR count). The summed E-state index contributed by atoms with van der Waals surface area (Å²) in [6.07, 6.45) is -21.1. The number of fused-ring (bicyclic) bond motifs is 2. The van der Waals surface area contributed by atoms with Gasteiger partial charge < -0.3 is 5.32 Å². The van der Waals surface area contributed by atoms with Crippen LogP contribution in [0, 0.1) is 0 Å². The molecule has 184 valence electrons. The fourth-order valence-corrected chi connectivity index (χ4v) is 2.81. The molecule has 0 aliphatic heterocycles. The van der Waals surface area contributed by atoms with E-state index in [1.807, 2.05) is 0 Å². The number of benzene rings is 2. The van der Waals surface area contributed by atoms with Crippen molar-refractivity contribution in [1.29, 1.82) is 0 Å². The highest BCUT2D eigenvalue weighted by molar-refractivity contribution is 6.13. The molecule has 0 aliphatic rings. The number of halogens is 11. The molecule has 0 unspecified atom stereocenters.